The third-order valence-electron chi connectivity index (χ3n) is 3.55. The first-order valence-electron chi connectivity index (χ1n) is 5.99. The van der Waals surface area contributed by atoms with Crippen molar-refractivity contribution in [3.63, 3.8) is 0 Å². The SMILES string of the molecule is COc1ccc(C(Br)CC2CCC2)cc1C. The van der Waals surface area contributed by atoms with Crippen molar-refractivity contribution in [3.05, 3.63) is 29.3 Å². The summed E-state index contributed by atoms with van der Waals surface area (Å²) in [5, 5.41) is 0. The highest BCUT2D eigenvalue weighted by Crippen LogP contribution is 2.39. The van der Waals surface area contributed by atoms with Gasteiger partial charge in [-0.2, -0.15) is 0 Å². The number of rotatable bonds is 4. The molecule has 1 saturated carbocycles. The van der Waals surface area contributed by atoms with Gasteiger partial charge in [0.25, 0.3) is 0 Å². The lowest BCUT2D eigenvalue weighted by atomic mass is 9.81. The van der Waals surface area contributed by atoms with E-state index in [0.29, 0.717) is 4.83 Å². The van der Waals surface area contributed by atoms with Crippen LogP contribution in [0.3, 0.4) is 0 Å². The average Bonchev–Trinajstić information content (AvgIpc) is 2.23. The van der Waals surface area contributed by atoms with Crippen LogP contribution in [0.25, 0.3) is 0 Å². The third kappa shape index (κ3) is 2.60. The predicted octanol–water partition coefficient (Wildman–Crippen LogP) is 4.63. The monoisotopic (exact) mass is 282 g/mol. The minimum Gasteiger partial charge on any atom is -0.496 e. The van der Waals surface area contributed by atoms with Crippen LogP contribution in [0.1, 0.15) is 41.6 Å². The highest BCUT2D eigenvalue weighted by Gasteiger charge is 2.21. The van der Waals surface area contributed by atoms with Crippen LogP contribution in [0.4, 0.5) is 0 Å². The van der Waals surface area contributed by atoms with Gasteiger partial charge < -0.3 is 4.74 Å². The molecule has 0 aliphatic heterocycles. The van der Waals surface area contributed by atoms with Gasteiger partial charge in [-0.05, 0) is 36.5 Å². The molecule has 0 spiro atoms. The fourth-order valence-corrected chi connectivity index (χ4v) is 3.07. The Morgan fingerprint density at radius 2 is 2.19 bits per heavy atom. The van der Waals surface area contributed by atoms with E-state index in [1.807, 2.05) is 0 Å². The summed E-state index contributed by atoms with van der Waals surface area (Å²) in [6, 6.07) is 6.47. The molecule has 0 heterocycles. The van der Waals surface area contributed by atoms with Gasteiger partial charge in [0.05, 0.1) is 7.11 Å². The number of halogens is 1. The molecule has 0 amide bonds. The van der Waals surface area contributed by atoms with E-state index < -0.39 is 0 Å². The topological polar surface area (TPSA) is 9.23 Å². The van der Waals surface area contributed by atoms with Crippen LogP contribution in [-0.2, 0) is 0 Å². The van der Waals surface area contributed by atoms with Crippen molar-refractivity contribution in [2.75, 3.05) is 7.11 Å². The van der Waals surface area contributed by atoms with E-state index >= 15 is 0 Å². The maximum atomic E-state index is 5.28. The lowest BCUT2D eigenvalue weighted by Gasteiger charge is -2.27. The predicted molar refractivity (Wildman–Crippen MR) is 71.4 cm³/mol. The molecule has 1 atom stereocenters. The zero-order valence-electron chi connectivity index (χ0n) is 10.0. The van der Waals surface area contributed by atoms with Crippen LogP contribution in [0.15, 0.2) is 18.2 Å². The lowest BCUT2D eigenvalue weighted by Crippen LogP contribution is -2.12. The van der Waals surface area contributed by atoms with Crippen LogP contribution in [0.5, 0.6) is 5.75 Å². The van der Waals surface area contributed by atoms with E-state index in [1.165, 1.54) is 36.8 Å². The molecular weight excluding hydrogens is 264 g/mol. The molecule has 1 aliphatic carbocycles. The maximum Gasteiger partial charge on any atom is 0.121 e. The summed E-state index contributed by atoms with van der Waals surface area (Å²) in [4.78, 5) is 0.502. The second kappa shape index (κ2) is 5.22. The first-order chi connectivity index (χ1) is 7.70. The third-order valence-corrected chi connectivity index (χ3v) is 4.45. The van der Waals surface area contributed by atoms with Crippen LogP contribution in [0, 0.1) is 12.8 Å². The Labute approximate surface area is 106 Å². The number of hydrogen-bond donors (Lipinski definition) is 0. The molecule has 0 saturated heterocycles. The molecular formula is C14H19BrO. The Morgan fingerprint density at radius 3 is 2.69 bits per heavy atom. The Bertz CT molecular complexity index is 358. The molecule has 0 bridgehead atoms. The first-order valence-corrected chi connectivity index (χ1v) is 6.91. The Morgan fingerprint density at radius 1 is 1.44 bits per heavy atom. The second-order valence-electron chi connectivity index (χ2n) is 4.73. The van der Waals surface area contributed by atoms with Crippen molar-refractivity contribution >= 4 is 15.9 Å². The molecule has 0 aromatic heterocycles. The van der Waals surface area contributed by atoms with E-state index in [4.69, 9.17) is 4.74 Å². The summed E-state index contributed by atoms with van der Waals surface area (Å²) in [5.41, 5.74) is 2.60. The lowest BCUT2D eigenvalue weighted by molar-refractivity contribution is 0.295. The van der Waals surface area contributed by atoms with Crippen LogP contribution in [0.2, 0.25) is 0 Å². The van der Waals surface area contributed by atoms with Gasteiger partial charge in [0.2, 0.25) is 0 Å². The second-order valence-corrected chi connectivity index (χ2v) is 5.83. The summed E-state index contributed by atoms with van der Waals surface area (Å²) in [6.07, 6.45) is 5.52. The van der Waals surface area contributed by atoms with Gasteiger partial charge in [-0.3, -0.25) is 0 Å². The van der Waals surface area contributed by atoms with E-state index in [1.54, 1.807) is 7.11 Å². The minimum atomic E-state index is 0.502. The number of methoxy groups -OCH3 is 1. The molecule has 2 heteroatoms. The van der Waals surface area contributed by atoms with Crippen LogP contribution in [-0.4, -0.2) is 7.11 Å². The number of benzene rings is 1. The summed E-state index contributed by atoms with van der Waals surface area (Å²) < 4.78 is 5.28. The van der Waals surface area contributed by atoms with Gasteiger partial charge in [-0.15, -0.1) is 0 Å². The number of ether oxygens (including phenoxy) is 1. The van der Waals surface area contributed by atoms with Crippen molar-refractivity contribution in [2.45, 2.75) is 37.4 Å². The standard InChI is InChI=1S/C14H19BrO/c1-10-8-12(6-7-14(10)16-2)13(15)9-11-4-3-5-11/h6-8,11,13H,3-5,9H2,1-2H3. The number of hydrogen-bond acceptors (Lipinski definition) is 1. The van der Waals surface area contributed by atoms with Crippen molar-refractivity contribution < 1.29 is 4.74 Å². The largest absolute Gasteiger partial charge is 0.496 e. The van der Waals surface area contributed by atoms with E-state index in [2.05, 4.69) is 41.1 Å². The molecule has 1 aliphatic rings. The van der Waals surface area contributed by atoms with E-state index in [9.17, 15) is 0 Å². The molecule has 1 aromatic rings. The van der Waals surface area contributed by atoms with Gasteiger partial charge in [0, 0.05) is 4.83 Å². The molecule has 16 heavy (non-hydrogen) atoms. The molecule has 88 valence electrons. The normalized spacial score (nSPS) is 17.9. The summed E-state index contributed by atoms with van der Waals surface area (Å²) in [6.45, 7) is 2.10. The van der Waals surface area contributed by atoms with Crippen LogP contribution >= 0.6 is 15.9 Å². The maximum absolute atomic E-state index is 5.28. The summed E-state index contributed by atoms with van der Waals surface area (Å²) in [5.74, 6) is 1.92. The smallest absolute Gasteiger partial charge is 0.121 e. The average molecular weight is 283 g/mol. The molecule has 1 aromatic carbocycles. The quantitative estimate of drug-likeness (QED) is 0.732. The zero-order valence-corrected chi connectivity index (χ0v) is 11.6. The fourth-order valence-electron chi connectivity index (χ4n) is 2.25. The number of aryl methyl sites for hydroxylation is 1. The van der Waals surface area contributed by atoms with E-state index in [-0.39, 0.29) is 0 Å². The zero-order chi connectivity index (χ0) is 11.5. The van der Waals surface area contributed by atoms with Crippen molar-refractivity contribution in [1.82, 2.24) is 0 Å². The molecule has 0 N–H and O–H groups in total. The Kier molecular flexibility index (Phi) is 3.91. The van der Waals surface area contributed by atoms with Gasteiger partial charge >= 0.3 is 0 Å². The van der Waals surface area contributed by atoms with Crippen LogP contribution < -0.4 is 4.74 Å². The minimum absolute atomic E-state index is 0.502. The van der Waals surface area contributed by atoms with E-state index in [0.717, 1.165) is 11.7 Å². The molecule has 1 unspecified atom stereocenters. The van der Waals surface area contributed by atoms with Gasteiger partial charge in [-0.25, -0.2) is 0 Å². The van der Waals surface area contributed by atoms with Crippen molar-refractivity contribution in [1.29, 1.82) is 0 Å². The molecule has 1 nitrogen and oxygen atoms in total. The van der Waals surface area contributed by atoms with Gasteiger partial charge in [-0.1, -0.05) is 47.3 Å². The molecule has 0 radical (unpaired) electrons. The van der Waals surface area contributed by atoms with Gasteiger partial charge in [0.15, 0.2) is 0 Å². The van der Waals surface area contributed by atoms with Gasteiger partial charge in [0.1, 0.15) is 5.75 Å². The molecule has 2 rings (SSSR count). The highest BCUT2D eigenvalue weighted by atomic mass is 79.9. The first kappa shape index (κ1) is 12.0. The highest BCUT2D eigenvalue weighted by molar-refractivity contribution is 9.09. The summed E-state index contributed by atoms with van der Waals surface area (Å²) in [7, 11) is 1.72. The van der Waals surface area contributed by atoms with Crippen molar-refractivity contribution in [2.24, 2.45) is 5.92 Å². The Balaban J connectivity index is 2.04. The van der Waals surface area contributed by atoms with Crippen molar-refractivity contribution in [3.8, 4) is 5.75 Å². The fraction of sp³-hybridized carbons (Fsp3) is 0.571. The summed E-state index contributed by atoms with van der Waals surface area (Å²) >= 11 is 3.80. The Hall–Kier alpha value is -0.500. The number of alkyl halides is 1. The molecule has 1 fully saturated rings.